The van der Waals surface area contributed by atoms with Gasteiger partial charge < -0.3 is 0 Å². The van der Waals surface area contributed by atoms with Crippen molar-refractivity contribution in [1.82, 2.24) is 0 Å². The molecule has 2 rings (SSSR count). The molecule has 0 heterocycles. The molecule has 1 aromatic carbocycles. The second-order valence-corrected chi connectivity index (χ2v) is 6.57. The number of hydrogen-bond acceptors (Lipinski definition) is 1. The van der Waals surface area contributed by atoms with Crippen LogP contribution >= 0.6 is 15.9 Å². The molecule has 1 aliphatic rings. The molecule has 1 aliphatic carbocycles. The lowest BCUT2D eigenvalue weighted by atomic mass is 9.65. The number of benzene rings is 1. The van der Waals surface area contributed by atoms with Crippen molar-refractivity contribution in [2.45, 2.75) is 39.0 Å². The zero-order valence-electron chi connectivity index (χ0n) is 11.5. The minimum atomic E-state index is -0.0173. The normalized spacial score (nSPS) is 27.3. The van der Waals surface area contributed by atoms with Crippen LogP contribution in [0.3, 0.4) is 0 Å². The van der Waals surface area contributed by atoms with Gasteiger partial charge in [-0.25, -0.2) is 0 Å². The van der Waals surface area contributed by atoms with E-state index < -0.39 is 0 Å². The molecular weight excluding hydrogens is 300 g/mol. The van der Waals surface area contributed by atoms with E-state index >= 15 is 0 Å². The maximum atomic E-state index is 12.2. The molecule has 0 aliphatic heterocycles. The Morgan fingerprint density at radius 1 is 1.47 bits per heavy atom. The van der Waals surface area contributed by atoms with E-state index in [1.165, 1.54) is 5.56 Å². The summed E-state index contributed by atoms with van der Waals surface area (Å²) < 4.78 is 1.14. The fourth-order valence-corrected chi connectivity index (χ4v) is 3.58. The summed E-state index contributed by atoms with van der Waals surface area (Å²) >= 11 is 3.58. The highest BCUT2D eigenvalue weighted by molar-refractivity contribution is 9.10. The molecule has 0 aromatic heterocycles. The van der Waals surface area contributed by atoms with E-state index in [2.05, 4.69) is 47.6 Å². The van der Waals surface area contributed by atoms with Crippen LogP contribution in [0.4, 0.5) is 0 Å². The maximum absolute atomic E-state index is 12.2. The van der Waals surface area contributed by atoms with Crippen LogP contribution in [0.25, 0.3) is 0 Å². The number of halogens is 1. The van der Waals surface area contributed by atoms with Gasteiger partial charge in [-0.3, -0.25) is 4.79 Å². The first-order valence-corrected chi connectivity index (χ1v) is 7.76. The average Bonchev–Trinajstić information content (AvgIpc) is 2.40. The van der Waals surface area contributed by atoms with Gasteiger partial charge in [0.1, 0.15) is 5.78 Å². The highest BCUT2D eigenvalue weighted by Crippen LogP contribution is 2.42. The molecule has 1 aromatic rings. The van der Waals surface area contributed by atoms with E-state index in [4.69, 9.17) is 0 Å². The van der Waals surface area contributed by atoms with Crippen LogP contribution in [0.15, 0.2) is 41.4 Å². The van der Waals surface area contributed by atoms with E-state index in [0.717, 1.165) is 36.6 Å². The molecule has 2 atom stereocenters. The number of Topliss-reactive ketones (excluding diaryl/α,β-unsaturated/α-hetero) is 1. The van der Waals surface area contributed by atoms with Crippen LogP contribution in [-0.4, -0.2) is 5.78 Å². The Kier molecular flexibility index (Phi) is 4.62. The molecule has 1 saturated carbocycles. The summed E-state index contributed by atoms with van der Waals surface area (Å²) in [6.45, 7) is 6.13. The Morgan fingerprint density at radius 2 is 2.21 bits per heavy atom. The topological polar surface area (TPSA) is 17.1 Å². The second-order valence-electron chi connectivity index (χ2n) is 5.71. The Labute approximate surface area is 124 Å². The van der Waals surface area contributed by atoms with Crippen LogP contribution in [0.1, 0.15) is 38.2 Å². The lowest BCUT2D eigenvalue weighted by Gasteiger charge is -2.38. The molecule has 19 heavy (non-hydrogen) atoms. The van der Waals surface area contributed by atoms with Crippen molar-refractivity contribution < 1.29 is 4.79 Å². The van der Waals surface area contributed by atoms with Gasteiger partial charge in [0.2, 0.25) is 0 Å². The van der Waals surface area contributed by atoms with Crippen LogP contribution in [-0.2, 0) is 11.2 Å². The van der Waals surface area contributed by atoms with E-state index in [-0.39, 0.29) is 11.3 Å². The van der Waals surface area contributed by atoms with Crippen molar-refractivity contribution in [2.24, 2.45) is 11.3 Å². The third-order valence-electron chi connectivity index (χ3n) is 4.45. The second kappa shape index (κ2) is 6.04. The predicted octanol–water partition coefficient (Wildman–Crippen LogP) is 4.94. The number of carbonyl (C=O) groups excluding carboxylic acids is 1. The summed E-state index contributed by atoms with van der Waals surface area (Å²) in [6, 6.07) is 8.26. The monoisotopic (exact) mass is 320 g/mol. The average molecular weight is 321 g/mol. The molecule has 0 N–H and O–H groups in total. The third-order valence-corrected chi connectivity index (χ3v) is 5.22. The fourth-order valence-electron chi connectivity index (χ4n) is 3.10. The van der Waals surface area contributed by atoms with E-state index in [0.29, 0.717) is 5.78 Å². The van der Waals surface area contributed by atoms with E-state index in [1.807, 2.05) is 12.1 Å². The Balaban J connectivity index is 2.10. The van der Waals surface area contributed by atoms with Crippen LogP contribution in [0.5, 0.6) is 0 Å². The molecule has 0 radical (unpaired) electrons. The van der Waals surface area contributed by atoms with Crippen LogP contribution < -0.4 is 0 Å². The molecule has 1 fully saturated rings. The quantitative estimate of drug-likeness (QED) is 0.718. The van der Waals surface area contributed by atoms with Crippen molar-refractivity contribution in [3.8, 4) is 0 Å². The van der Waals surface area contributed by atoms with Gasteiger partial charge in [0, 0.05) is 16.8 Å². The number of allylic oxidation sites excluding steroid dienone is 1. The molecule has 0 unspecified atom stereocenters. The van der Waals surface area contributed by atoms with Crippen molar-refractivity contribution in [3.63, 3.8) is 0 Å². The van der Waals surface area contributed by atoms with Crippen molar-refractivity contribution >= 4 is 21.7 Å². The molecule has 0 amide bonds. The molecule has 2 heteroatoms. The van der Waals surface area contributed by atoms with Gasteiger partial charge in [-0.1, -0.05) is 47.1 Å². The summed E-state index contributed by atoms with van der Waals surface area (Å²) in [5.41, 5.74) is 1.27. The summed E-state index contributed by atoms with van der Waals surface area (Å²) in [4.78, 5) is 12.2. The highest BCUT2D eigenvalue weighted by Gasteiger charge is 2.38. The Bertz CT molecular complexity index is 480. The van der Waals surface area contributed by atoms with E-state index in [1.54, 1.807) is 0 Å². The number of hydrogen-bond donors (Lipinski definition) is 0. The largest absolute Gasteiger partial charge is 0.299 e. The minimum Gasteiger partial charge on any atom is -0.299 e. The molecule has 1 nitrogen and oxygen atoms in total. The molecule has 0 spiro atoms. The predicted molar refractivity (Wildman–Crippen MR) is 83.1 cm³/mol. The zero-order valence-corrected chi connectivity index (χ0v) is 13.1. The van der Waals surface area contributed by atoms with Crippen molar-refractivity contribution in [2.75, 3.05) is 0 Å². The number of ketones is 1. The molecule has 0 bridgehead atoms. The van der Waals surface area contributed by atoms with Gasteiger partial charge in [-0.05, 0) is 42.7 Å². The Morgan fingerprint density at radius 3 is 2.89 bits per heavy atom. The van der Waals surface area contributed by atoms with E-state index in [9.17, 15) is 4.79 Å². The highest BCUT2D eigenvalue weighted by atomic mass is 79.9. The summed E-state index contributed by atoms with van der Waals surface area (Å²) in [7, 11) is 0. The first kappa shape index (κ1) is 14.5. The van der Waals surface area contributed by atoms with Gasteiger partial charge in [0.15, 0.2) is 0 Å². The number of aryl methyl sites for hydroxylation is 1. The van der Waals surface area contributed by atoms with Gasteiger partial charge in [0.25, 0.3) is 0 Å². The summed E-state index contributed by atoms with van der Waals surface area (Å²) in [5, 5.41) is 0. The third kappa shape index (κ3) is 3.17. The van der Waals surface area contributed by atoms with Gasteiger partial charge in [-0.15, -0.1) is 6.58 Å². The first-order chi connectivity index (χ1) is 9.07. The van der Waals surface area contributed by atoms with Gasteiger partial charge >= 0.3 is 0 Å². The summed E-state index contributed by atoms with van der Waals surface area (Å²) in [5.74, 6) is 0.548. The van der Waals surface area contributed by atoms with Gasteiger partial charge in [0.05, 0.1) is 0 Å². The van der Waals surface area contributed by atoms with Gasteiger partial charge in [-0.2, -0.15) is 0 Å². The number of carbonyl (C=O) groups is 1. The maximum Gasteiger partial charge on any atom is 0.136 e. The minimum absolute atomic E-state index is 0.0173. The standard InChI is InChI=1S/C17H21BrO/c1-3-17(2)12-6-9-16(19)14(17)11-10-13-7-4-5-8-15(13)18/h3-5,7-8,14H,1,6,9-12H2,2H3/t14-,17-/m0/s1. The SMILES string of the molecule is C=C[C@@]1(C)CCCC(=O)[C@@H]1CCc1ccccc1Br. The molecular formula is C17H21BrO. The first-order valence-electron chi connectivity index (χ1n) is 6.96. The zero-order chi connectivity index (χ0) is 13.9. The number of rotatable bonds is 4. The van der Waals surface area contributed by atoms with Crippen LogP contribution in [0, 0.1) is 11.3 Å². The molecule has 102 valence electrons. The van der Waals surface area contributed by atoms with Crippen molar-refractivity contribution in [3.05, 3.63) is 47.0 Å². The lowest BCUT2D eigenvalue weighted by molar-refractivity contribution is -0.128. The summed E-state index contributed by atoms with van der Waals surface area (Å²) in [6.07, 6.45) is 6.69. The molecule has 0 saturated heterocycles. The lowest BCUT2D eigenvalue weighted by Crippen LogP contribution is -2.36. The smallest absolute Gasteiger partial charge is 0.136 e. The van der Waals surface area contributed by atoms with Crippen molar-refractivity contribution in [1.29, 1.82) is 0 Å². The van der Waals surface area contributed by atoms with Crippen LogP contribution in [0.2, 0.25) is 0 Å². The Hall–Kier alpha value is -0.890. The fraction of sp³-hybridized carbons (Fsp3) is 0.471.